The Morgan fingerprint density at radius 1 is 1.00 bits per heavy atom. The maximum Gasteiger partial charge on any atom is 0.226 e. The molecule has 1 N–H and O–H groups in total. The molecule has 0 aliphatic heterocycles. The van der Waals surface area contributed by atoms with E-state index in [1.165, 1.54) is 4.80 Å². The average molecular weight is 447 g/mol. The first-order valence-electron chi connectivity index (χ1n) is 11.5. The molecule has 4 aromatic rings. The van der Waals surface area contributed by atoms with E-state index in [0.717, 1.165) is 42.8 Å². The molecule has 33 heavy (non-hydrogen) atoms. The zero-order chi connectivity index (χ0) is 23.0. The minimum atomic E-state index is -0.0715. The lowest BCUT2D eigenvalue weighted by atomic mass is 10.2. The number of tetrazole rings is 1. The van der Waals surface area contributed by atoms with Crippen molar-refractivity contribution in [2.75, 3.05) is 25.0 Å². The van der Waals surface area contributed by atoms with Crippen LogP contribution in [0.4, 0.5) is 5.95 Å². The maximum atomic E-state index is 12.7. The van der Waals surface area contributed by atoms with Gasteiger partial charge >= 0.3 is 0 Å². The number of amides is 1. The zero-order valence-corrected chi connectivity index (χ0v) is 19.2. The van der Waals surface area contributed by atoms with Gasteiger partial charge in [-0.25, -0.2) is 4.98 Å². The lowest BCUT2D eigenvalue weighted by Gasteiger charge is -2.19. The van der Waals surface area contributed by atoms with Gasteiger partial charge in [-0.05, 0) is 36.9 Å². The van der Waals surface area contributed by atoms with Crippen molar-refractivity contribution in [1.82, 2.24) is 34.7 Å². The van der Waals surface area contributed by atoms with Crippen molar-refractivity contribution in [3.05, 3.63) is 54.6 Å². The first-order chi connectivity index (χ1) is 16.2. The number of rotatable bonds is 11. The summed E-state index contributed by atoms with van der Waals surface area (Å²) in [5.74, 6) is 1.11. The molecule has 1 amide bonds. The van der Waals surface area contributed by atoms with Crippen molar-refractivity contribution in [3.63, 3.8) is 0 Å². The quantitative estimate of drug-likeness (QED) is 0.379. The zero-order valence-electron chi connectivity index (χ0n) is 19.2. The van der Waals surface area contributed by atoms with Gasteiger partial charge in [0.2, 0.25) is 17.7 Å². The van der Waals surface area contributed by atoms with Crippen molar-refractivity contribution in [3.8, 4) is 11.4 Å². The highest BCUT2D eigenvalue weighted by atomic mass is 16.1. The Kier molecular flexibility index (Phi) is 7.41. The second-order valence-corrected chi connectivity index (χ2v) is 7.83. The van der Waals surface area contributed by atoms with E-state index in [0.29, 0.717) is 31.2 Å². The number of nitrogens with one attached hydrogen (secondary N) is 1. The molecule has 0 unspecified atom stereocenters. The summed E-state index contributed by atoms with van der Waals surface area (Å²) < 4.78 is 2.09. The summed E-state index contributed by atoms with van der Waals surface area (Å²) in [6.07, 6.45) is 0.956. The standard InChI is InChI=1S/C24H30N8O/c1-3-30(4-2)17-18-31-21-14-9-8-13-20(21)25-24(31)26-22(33)15-10-16-32-28-23(27-29-32)19-11-6-5-7-12-19/h5-9,11-14H,3-4,10,15-18H2,1-2H3,(H,25,26,33). The van der Waals surface area contributed by atoms with Crippen molar-refractivity contribution >= 4 is 22.9 Å². The summed E-state index contributed by atoms with van der Waals surface area (Å²) in [4.78, 5) is 21.2. The van der Waals surface area contributed by atoms with Crippen LogP contribution in [0.1, 0.15) is 26.7 Å². The number of fused-ring (bicyclic) bond motifs is 1. The summed E-state index contributed by atoms with van der Waals surface area (Å²) in [6, 6.07) is 17.7. The molecule has 0 bridgehead atoms. The molecule has 2 aromatic carbocycles. The first kappa shape index (κ1) is 22.6. The maximum absolute atomic E-state index is 12.7. The molecule has 2 heterocycles. The highest BCUT2D eigenvalue weighted by Crippen LogP contribution is 2.20. The van der Waals surface area contributed by atoms with Gasteiger partial charge in [-0.2, -0.15) is 4.80 Å². The van der Waals surface area contributed by atoms with Gasteiger partial charge in [0.05, 0.1) is 17.6 Å². The van der Waals surface area contributed by atoms with E-state index in [9.17, 15) is 4.79 Å². The second-order valence-electron chi connectivity index (χ2n) is 7.83. The van der Waals surface area contributed by atoms with Crippen LogP contribution >= 0.6 is 0 Å². The number of likely N-dealkylation sites (N-methyl/N-ethyl adjacent to an activating group) is 1. The van der Waals surface area contributed by atoms with Crippen LogP contribution in [0.3, 0.4) is 0 Å². The van der Waals surface area contributed by atoms with E-state index < -0.39 is 0 Å². The van der Waals surface area contributed by atoms with Gasteiger partial charge in [-0.1, -0.05) is 56.3 Å². The predicted molar refractivity (Wildman–Crippen MR) is 129 cm³/mol. The van der Waals surface area contributed by atoms with Gasteiger partial charge < -0.3 is 9.47 Å². The molecule has 9 nitrogen and oxygen atoms in total. The van der Waals surface area contributed by atoms with Crippen LogP contribution in [0.2, 0.25) is 0 Å². The third-order valence-corrected chi connectivity index (χ3v) is 5.69. The molecule has 0 saturated carbocycles. The Balaban J connectivity index is 1.36. The Labute approximate surface area is 193 Å². The van der Waals surface area contributed by atoms with E-state index >= 15 is 0 Å². The summed E-state index contributed by atoms with van der Waals surface area (Å²) in [6.45, 7) is 8.49. The van der Waals surface area contributed by atoms with Crippen LogP contribution < -0.4 is 5.32 Å². The Morgan fingerprint density at radius 3 is 2.55 bits per heavy atom. The summed E-state index contributed by atoms with van der Waals surface area (Å²) in [5.41, 5.74) is 2.83. The fraction of sp³-hybridized carbons (Fsp3) is 0.375. The molecule has 0 atom stereocenters. The van der Waals surface area contributed by atoms with Crippen LogP contribution in [-0.2, 0) is 17.9 Å². The van der Waals surface area contributed by atoms with Crippen LogP contribution in [-0.4, -0.2) is 60.2 Å². The minimum Gasteiger partial charge on any atom is -0.309 e. The van der Waals surface area contributed by atoms with Gasteiger partial charge in [-0.15, -0.1) is 10.2 Å². The highest BCUT2D eigenvalue weighted by molar-refractivity contribution is 5.91. The molecular weight excluding hydrogens is 416 g/mol. The number of nitrogens with zero attached hydrogens (tertiary/aromatic N) is 7. The number of hydrogen-bond acceptors (Lipinski definition) is 6. The second kappa shape index (κ2) is 10.8. The van der Waals surface area contributed by atoms with Gasteiger partial charge in [0.15, 0.2) is 0 Å². The number of carbonyl (C=O) groups excluding carboxylic acids is 1. The normalized spacial score (nSPS) is 11.4. The monoisotopic (exact) mass is 446 g/mol. The minimum absolute atomic E-state index is 0.0715. The van der Waals surface area contributed by atoms with Crippen LogP contribution in [0, 0.1) is 0 Å². The number of para-hydroxylation sites is 2. The molecule has 0 aliphatic carbocycles. The molecule has 172 valence electrons. The van der Waals surface area contributed by atoms with Crippen LogP contribution in [0.15, 0.2) is 54.6 Å². The van der Waals surface area contributed by atoms with E-state index in [1.54, 1.807) is 0 Å². The number of imidazole rings is 1. The molecule has 0 fully saturated rings. The first-order valence-corrected chi connectivity index (χ1v) is 11.5. The summed E-state index contributed by atoms with van der Waals surface area (Å²) >= 11 is 0. The lowest BCUT2D eigenvalue weighted by Crippen LogP contribution is -2.27. The fourth-order valence-electron chi connectivity index (χ4n) is 3.79. The molecule has 0 radical (unpaired) electrons. The van der Waals surface area contributed by atoms with Crippen molar-refractivity contribution in [2.45, 2.75) is 39.8 Å². The number of anilines is 1. The topological polar surface area (TPSA) is 93.8 Å². The van der Waals surface area contributed by atoms with Crippen LogP contribution in [0.25, 0.3) is 22.4 Å². The van der Waals surface area contributed by atoms with Gasteiger partial charge in [0, 0.05) is 25.1 Å². The highest BCUT2D eigenvalue weighted by Gasteiger charge is 2.14. The fourth-order valence-corrected chi connectivity index (χ4v) is 3.79. The van der Waals surface area contributed by atoms with Gasteiger partial charge in [-0.3, -0.25) is 10.1 Å². The number of aryl methyl sites for hydroxylation is 1. The van der Waals surface area contributed by atoms with Crippen LogP contribution in [0.5, 0.6) is 0 Å². The molecule has 0 saturated heterocycles. The SMILES string of the molecule is CCN(CC)CCn1c(NC(=O)CCCn2nnc(-c3ccccc3)n2)nc2ccccc21. The molecule has 4 rings (SSSR count). The molecule has 9 heteroatoms. The third kappa shape index (κ3) is 5.61. The largest absolute Gasteiger partial charge is 0.309 e. The Morgan fingerprint density at radius 2 is 1.76 bits per heavy atom. The number of hydrogen-bond donors (Lipinski definition) is 1. The lowest BCUT2D eigenvalue weighted by molar-refractivity contribution is -0.116. The number of benzene rings is 2. The van der Waals surface area contributed by atoms with E-state index in [2.05, 4.69) is 49.0 Å². The summed E-state index contributed by atoms with van der Waals surface area (Å²) in [5, 5.41) is 15.6. The molecular formula is C24H30N8O. The van der Waals surface area contributed by atoms with Gasteiger partial charge in [0.25, 0.3) is 0 Å². The molecule has 0 aliphatic rings. The molecule has 2 aromatic heterocycles. The smallest absolute Gasteiger partial charge is 0.226 e. The predicted octanol–water partition coefficient (Wildman–Crippen LogP) is 3.45. The average Bonchev–Trinajstić information content (AvgIpc) is 3.45. The van der Waals surface area contributed by atoms with Gasteiger partial charge in [0.1, 0.15) is 0 Å². The Hall–Kier alpha value is -3.59. The van der Waals surface area contributed by atoms with E-state index in [-0.39, 0.29) is 5.91 Å². The Bertz CT molecular complexity index is 1180. The van der Waals surface area contributed by atoms with E-state index in [1.807, 2.05) is 54.6 Å². The third-order valence-electron chi connectivity index (χ3n) is 5.69. The molecule has 0 spiro atoms. The number of aromatic nitrogens is 6. The van der Waals surface area contributed by atoms with Crippen molar-refractivity contribution in [2.24, 2.45) is 0 Å². The number of carbonyl (C=O) groups is 1. The van der Waals surface area contributed by atoms with Crippen molar-refractivity contribution in [1.29, 1.82) is 0 Å². The summed E-state index contributed by atoms with van der Waals surface area (Å²) in [7, 11) is 0. The van der Waals surface area contributed by atoms with Crippen molar-refractivity contribution < 1.29 is 4.79 Å². The van der Waals surface area contributed by atoms with E-state index in [4.69, 9.17) is 0 Å².